The lowest BCUT2D eigenvalue weighted by atomic mass is 10.1. The third-order valence-corrected chi connectivity index (χ3v) is 3.35. The smallest absolute Gasteiger partial charge is 0.280 e. The molecule has 6 nitrogen and oxygen atoms in total. The van der Waals surface area contributed by atoms with Gasteiger partial charge in [-0.15, -0.1) is 0 Å². The van der Waals surface area contributed by atoms with Gasteiger partial charge in [0.15, 0.2) is 11.2 Å². The monoisotopic (exact) mass is 273 g/mol. The van der Waals surface area contributed by atoms with Crippen molar-refractivity contribution in [3.63, 3.8) is 0 Å². The summed E-state index contributed by atoms with van der Waals surface area (Å²) >= 11 is 5.80. The van der Waals surface area contributed by atoms with Crippen LogP contribution in [0.4, 0.5) is 11.6 Å². The normalized spacial score (nSPS) is 12.9. The zero-order valence-electron chi connectivity index (χ0n) is 9.64. The standard InChI is InChI=1S/C12H8ClN5O/c13-11-16-9-8(10(19)17-11)15-12-14-7-4-2-1-3-6(7)5-18(9)12/h1-4H,5H2,(H,14,15)(H,16,17,19). The van der Waals surface area contributed by atoms with Crippen molar-refractivity contribution >= 4 is 34.4 Å². The minimum atomic E-state index is -0.331. The average Bonchev–Trinajstić information content (AvgIpc) is 2.74. The van der Waals surface area contributed by atoms with E-state index in [0.29, 0.717) is 23.7 Å². The second kappa shape index (κ2) is 3.58. The first-order valence-corrected chi connectivity index (χ1v) is 6.11. The molecular formula is C12H8ClN5O. The van der Waals surface area contributed by atoms with Gasteiger partial charge in [-0.05, 0) is 23.2 Å². The number of nitrogens with one attached hydrogen (secondary N) is 2. The van der Waals surface area contributed by atoms with Crippen molar-refractivity contribution in [2.75, 3.05) is 5.32 Å². The minimum Gasteiger partial charge on any atom is -0.325 e. The molecule has 2 aromatic heterocycles. The van der Waals surface area contributed by atoms with E-state index >= 15 is 0 Å². The van der Waals surface area contributed by atoms with Crippen molar-refractivity contribution in [1.82, 2.24) is 19.5 Å². The fourth-order valence-electron chi connectivity index (χ4n) is 2.30. The molecule has 0 spiro atoms. The lowest BCUT2D eigenvalue weighted by Crippen LogP contribution is -2.13. The summed E-state index contributed by atoms with van der Waals surface area (Å²) in [5.41, 5.74) is 2.56. The maximum Gasteiger partial charge on any atom is 0.280 e. The van der Waals surface area contributed by atoms with Crippen LogP contribution in [0.5, 0.6) is 0 Å². The van der Waals surface area contributed by atoms with Gasteiger partial charge in [0.2, 0.25) is 11.2 Å². The number of hydrogen-bond donors (Lipinski definition) is 2. The summed E-state index contributed by atoms with van der Waals surface area (Å²) in [6.45, 7) is 0.613. The number of rotatable bonds is 0. The Labute approximate surface area is 112 Å². The zero-order valence-corrected chi connectivity index (χ0v) is 10.4. The van der Waals surface area contributed by atoms with Crippen LogP contribution in [-0.4, -0.2) is 19.5 Å². The first-order valence-electron chi connectivity index (χ1n) is 5.73. The molecule has 94 valence electrons. The summed E-state index contributed by atoms with van der Waals surface area (Å²) in [5.74, 6) is 0.606. The number of H-pyrrole nitrogens is 1. The van der Waals surface area contributed by atoms with E-state index in [-0.39, 0.29) is 10.8 Å². The van der Waals surface area contributed by atoms with Crippen LogP contribution in [-0.2, 0) is 6.54 Å². The Kier molecular flexibility index (Phi) is 1.99. The number of aromatic amines is 1. The van der Waals surface area contributed by atoms with Gasteiger partial charge in [-0.25, -0.2) is 4.98 Å². The maximum atomic E-state index is 11.8. The number of aromatic nitrogens is 4. The van der Waals surface area contributed by atoms with Gasteiger partial charge in [0.25, 0.3) is 5.56 Å². The van der Waals surface area contributed by atoms with E-state index in [2.05, 4.69) is 20.3 Å². The number of imidazole rings is 1. The van der Waals surface area contributed by atoms with E-state index in [9.17, 15) is 4.79 Å². The van der Waals surface area contributed by atoms with Gasteiger partial charge in [-0.1, -0.05) is 18.2 Å². The van der Waals surface area contributed by atoms with Crippen molar-refractivity contribution in [1.29, 1.82) is 0 Å². The SMILES string of the molecule is O=c1[nH]c(Cl)nc2c1nc1n2Cc2ccccc2N1. The third-order valence-electron chi connectivity index (χ3n) is 3.17. The molecule has 0 atom stereocenters. The molecule has 0 radical (unpaired) electrons. The molecule has 7 heteroatoms. The fourth-order valence-corrected chi connectivity index (χ4v) is 2.47. The molecule has 0 aliphatic carbocycles. The van der Waals surface area contributed by atoms with Crippen LogP contribution < -0.4 is 10.9 Å². The number of benzene rings is 1. The fraction of sp³-hybridized carbons (Fsp3) is 0.0833. The molecule has 0 bridgehead atoms. The van der Waals surface area contributed by atoms with Gasteiger partial charge in [-0.2, -0.15) is 4.98 Å². The quantitative estimate of drug-likeness (QED) is 0.480. The number of nitrogens with zero attached hydrogens (tertiary/aromatic N) is 3. The third kappa shape index (κ3) is 1.47. The topological polar surface area (TPSA) is 75.6 Å². The number of hydrogen-bond acceptors (Lipinski definition) is 4. The minimum absolute atomic E-state index is 0.0686. The van der Waals surface area contributed by atoms with E-state index < -0.39 is 0 Å². The van der Waals surface area contributed by atoms with E-state index in [1.54, 1.807) is 0 Å². The summed E-state index contributed by atoms with van der Waals surface area (Å²) < 4.78 is 1.85. The van der Waals surface area contributed by atoms with E-state index in [1.165, 1.54) is 0 Å². The van der Waals surface area contributed by atoms with Gasteiger partial charge < -0.3 is 5.32 Å². The molecule has 0 saturated heterocycles. The molecule has 0 unspecified atom stereocenters. The first-order chi connectivity index (χ1) is 9.22. The number of halogens is 1. The van der Waals surface area contributed by atoms with E-state index in [1.807, 2.05) is 28.8 Å². The predicted molar refractivity (Wildman–Crippen MR) is 72.0 cm³/mol. The van der Waals surface area contributed by atoms with Crippen LogP contribution in [0.3, 0.4) is 0 Å². The summed E-state index contributed by atoms with van der Waals surface area (Å²) in [4.78, 5) is 22.7. The number of fused-ring (bicyclic) bond motifs is 4. The average molecular weight is 274 g/mol. The van der Waals surface area contributed by atoms with Crippen molar-refractivity contribution in [2.24, 2.45) is 0 Å². The summed E-state index contributed by atoms with van der Waals surface area (Å²) in [6, 6.07) is 7.92. The van der Waals surface area contributed by atoms with Gasteiger partial charge in [0, 0.05) is 5.69 Å². The predicted octanol–water partition coefficient (Wildman–Crippen LogP) is 1.88. The Morgan fingerprint density at radius 2 is 2.11 bits per heavy atom. The molecule has 4 rings (SSSR count). The molecule has 1 aromatic carbocycles. The molecule has 1 aliphatic rings. The van der Waals surface area contributed by atoms with E-state index in [0.717, 1.165) is 11.3 Å². The molecular weight excluding hydrogens is 266 g/mol. The van der Waals surface area contributed by atoms with Gasteiger partial charge >= 0.3 is 0 Å². The molecule has 0 saturated carbocycles. The van der Waals surface area contributed by atoms with Crippen LogP contribution in [0.25, 0.3) is 11.2 Å². The second-order valence-electron chi connectivity index (χ2n) is 4.33. The number of anilines is 2. The van der Waals surface area contributed by atoms with Crippen LogP contribution in [0, 0.1) is 0 Å². The van der Waals surface area contributed by atoms with E-state index in [4.69, 9.17) is 11.6 Å². The lowest BCUT2D eigenvalue weighted by molar-refractivity contribution is 0.806. The van der Waals surface area contributed by atoms with Gasteiger partial charge in [-0.3, -0.25) is 14.3 Å². The molecule has 2 N–H and O–H groups in total. The second-order valence-corrected chi connectivity index (χ2v) is 4.69. The molecule has 0 amide bonds. The van der Waals surface area contributed by atoms with Crippen LogP contribution in [0.2, 0.25) is 5.28 Å². The lowest BCUT2D eigenvalue weighted by Gasteiger charge is -2.19. The number of para-hydroxylation sites is 1. The Morgan fingerprint density at radius 3 is 3.00 bits per heavy atom. The first kappa shape index (κ1) is 10.6. The van der Waals surface area contributed by atoms with Crippen molar-refractivity contribution in [3.8, 4) is 0 Å². The summed E-state index contributed by atoms with van der Waals surface area (Å²) in [5, 5.41) is 3.26. The maximum absolute atomic E-state index is 11.8. The zero-order chi connectivity index (χ0) is 13.0. The highest BCUT2D eigenvalue weighted by Gasteiger charge is 2.21. The molecule has 1 aliphatic heterocycles. The van der Waals surface area contributed by atoms with Crippen LogP contribution in [0.1, 0.15) is 5.56 Å². The van der Waals surface area contributed by atoms with Crippen LogP contribution >= 0.6 is 11.6 Å². The highest BCUT2D eigenvalue weighted by atomic mass is 35.5. The van der Waals surface area contributed by atoms with Gasteiger partial charge in [0.1, 0.15) is 0 Å². The molecule has 19 heavy (non-hydrogen) atoms. The Hall–Kier alpha value is -2.34. The molecule has 3 aromatic rings. The highest BCUT2D eigenvalue weighted by Crippen LogP contribution is 2.29. The largest absolute Gasteiger partial charge is 0.325 e. The molecule has 3 heterocycles. The van der Waals surface area contributed by atoms with Crippen molar-refractivity contribution < 1.29 is 0 Å². The van der Waals surface area contributed by atoms with Crippen LogP contribution in [0.15, 0.2) is 29.1 Å². The van der Waals surface area contributed by atoms with Crippen molar-refractivity contribution in [2.45, 2.75) is 6.54 Å². The Bertz CT molecular complexity index is 866. The Balaban J connectivity index is 2.02. The summed E-state index contributed by atoms with van der Waals surface area (Å²) in [6.07, 6.45) is 0. The van der Waals surface area contributed by atoms with Gasteiger partial charge in [0.05, 0.1) is 6.54 Å². The molecule has 0 fully saturated rings. The highest BCUT2D eigenvalue weighted by molar-refractivity contribution is 6.28. The van der Waals surface area contributed by atoms with Crippen molar-refractivity contribution in [3.05, 3.63) is 45.5 Å². The Morgan fingerprint density at radius 1 is 1.26 bits per heavy atom. The summed E-state index contributed by atoms with van der Waals surface area (Å²) in [7, 11) is 0.